The summed E-state index contributed by atoms with van der Waals surface area (Å²) in [7, 11) is -5.60. The van der Waals surface area contributed by atoms with Gasteiger partial charge in [-0.1, -0.05) is 0 Å². The molecule has 24 heavy (non-hydrogen) atoms. The molecule has 0 amide bonds. The molecule has 6 nitrogen and oxygen atoms in total. The first-order chi connectivity index (χ1) is 11.1. The zero-order valence-electron chi connectivity index (χ0n) is 13.2. The lowest BCUT2D eigenvalue weighted by Crippen LogP contribution is -2.50. The van der Waals surface area contributed by atoms with E-state index >= 15 is 0 Å². The summed E-state index contributed by atoms with van der Waals surface area (Å²) < 4.78 is 63.9. The predicted molar refractivity (Wildman–Crippen MR) is 78.6 cm³/mol. The molecule has 0 spiro atoms. The van der Waals surface area contributed by atoms with Crippen LogP contribution in [0.4, 0.5) is 8.78 Å². The van der Waals surface area contributed by atoms with Crippen LogP contribution in [0.5, 0.6) is 0 Å². The summed E-state index contributed by atoms with van der Waals surface area (Å²) in [5.74, 6) is 1.53. The summed E-state index contributed by atoms with van der Waals surface area (Å²) in [5, 5.41) is 0. The molecule has 4 rings (SSSR count). The Morgan fingerprint density at radius 1 is 1.08 bits per heavy atom. The number of esters is 1. The van der Waals surface area contributed by atoms with Crippen LogP contribution in [-0.2, 0) is 24.4 Å². The monoisotopic (exact) mass is 368 g/mol. The molecule has 4 saturated carbocycles. The lowest BCUT2D eigenvalue weighted by Gasteiger charge is -2.55. The first-order valence-electron chi connectivity index (χ1n) is 8.27. The topological polar surface area (TPSA) is 89.9 Å². The van der Waals surface area contributed by atoms with Gasteiger partial charge in [-0.3, -0.25) is 9.35 Å². The van der Waals surface area contributed by atoms with Gasteiger partial charge in [0.15, 0.2) is 0 Å². The zero-order chi connectivity index (χ0) is 17.6. The Morgan fingerprint density at radius 2 is 1.58 bits per heavy atom. The van der Waals surface area contributed by atoms with Gasteiger partial charge in [-0.2, -0.15) is 17.2 Å². The molecule has 0 aromatic heterocycles. The van der Waals surface area contributed by atoms with Crippen LogP contribution in [0.25, 0.3) is 0 Å². The average molecular weight is 368 g/mol. The van der Waals surface area contributed by atoms with Crippen LogP contribution >= 0.6 is 0 Å². The molecule has 0 unspecified atom stereocenters. The Balaban J connectivity index is 1.44. The third-order valence-electron chi connectivity index (χ3n) is 5.56. The molecule has 4 aliphatic rings. The number of ether oxygens (including phenoxy) is 2. The second-order valence-corrected chi connectivity index (χ2v) is 8.90. The van der Waals surface area contributed by atoms with E-state index in [1.54, 1.807) is 0 Å². The van der Waals surface area contributed by atoms with E-state index in [2.05, 4.69) is 4.74 Å². The molecular weight excluding hydrogens is 346 g/mol. The molecule has 4 fully saturated rings. The minimum Gasteiger partial charge on any atom is -0.465 e. The molecule has 4 aliphatic carbocycles. The maximum atomic E-state index is 12.9. The van der Waals surface area contributed by atoms with Crippen LogP contribution in [0.15, 0.2) is 0 Å². The fourth-order valence-electron chi connectivity index (χ4n) is 5.00. The van der Waals surface area contributed by atoms with E-state index in [-0.39, 0.29) is 19.0 Å². The summed E-state index contributed by atoms with van der Waals surface area (Å²) in [4.78, 5) is 12.5. The molecule has 0 aliphatic heterocycles. The van der Waals surface area contributed by atoms with Crippen molar-refractivity contribution in [1.82, 2.24) is 0 Å². The van der Waals surface area contributed by atoms with E-state index in [0.29, 0.717) is 17.8 Å². The van der Waals surface area contributed by atoms with Crippen molar-refractivity contribution in [3.63, 3.8) is 0 Å². The Morgan fingerprint density at radius 3 is 2.04 bits per heavy atom. The highest BCUT2D eigenvalue weighted by molar-refractivity contribution is 7.86. The summed E-state index contributed by atoms with van der Waals surface area (Å²) >= 11 is 0. The lowest BCUT2D eigenvalue weighted by atomic mass is 9.49. The van der Waals surface area contributed by atoms with Gasteiger partial charge in [0.05, 0.1) is 18.6 Å². The smallest absolute Gasteiger partial charge is 0.465 e. The van der Waals surface area contributed by atoms with E-state index < -0.39 is 27.6 Å². The minimum absolute atomic E-state index is 0.0663. The van der Waals surface area contributed by atoms with Gasteiger partial charge < -0.3 is 9.47 Å². The molecule has 0 saturated heterocycles. The van der Waals surface area contributed by atoms with Crippen molar-refractivity contribution in [1.29, 1.82) is 0 Å². The summed E-state index contributed by atoms with van der Waals surface area (Å²) in [6.45, 7) is -0.747. The van der Waals surface area contributed by atoms with E-state index in [0.717, 1.165) is 19.3 Å². The van der Waals surface area contributed by atoms with Crippen LogP contribution in [0, 0.1) is 23.2 Å². The summed E-state index contributed by atoms with van der Waals surface area (Å²) in [5.41, 5.74) is -5.05. The number of alkyl halides is 2. The second kappa shape index (κ2) is 6.17. The third-order valence-corrected chi connectivity index (χ3v) is 6.28. The van der Waals surface area contributed by atoms with Gasteiger partial charge in [0.2, 0.25) is 0 Å². The first kappa shape index (κ1) is 18.0. The first-order valence-corrected chi connectivity index (χ1v) is 9.71. The molecule has 4 bridgehead atoms. The normalized spacial score (nSPS) is 35.2. The number of halogens is 2. The number of carbonyl (C=O) groups is 1. The Labute approximate surface area is 139 Å². The van der Waals surface area contributed by atoms with Gasteiger partial charge in [0.1, 0.15) is 0 Å². The zero-order valence-corrected chi connectivity index (χ0v) is 14.1. The van der Waals surface area contributed by atoms with Crippen molar-refractivity contribution >= 4 is 16.1 Å². The van der Waals surface area contributed by atoms with Gasteiger partial charge >= 0.3 is 21.5 Å². The van der Waals surface area contributed by atoms with Crippen LogP contribution in [0.3, 0.4) is 0 Å². The Hall–Kier alpha value is -0.800. The molecule has 0 aromatic carbocycles. The Bertz CT molecular complexity index is 568. The fourth-order valence-corrected chi connectivity index (χ4v) is 5.24. The fraction of sp³-hybridized carbons (Fsp3) is 0.933. The molecule has 0 aromatic rings. The van der Waals surface area contributed by atoms with Crippen molar-refractivity contribution in [3.05, 3.63) is 0 Å². The van der Waals surface area contributed by atoms with Crippen LogP contribution < -0.4 is 0 Å². The van der Waals surface area contributed by atoms with Crippen LogP contribution in [0.1, 0.15) is 44.9 Å². The largest absolute Gasteiger partial charge is 0.487 e. The number of rotatable bonds is 7. The van der Waals surface area contributed by atoms with E-state index in [4.69, 9.17) is 9.29 Å². The van der Waals surface area contributed by atoms with Crippen LogP contribution in [0.2, 0.25) is 0 Å². The summed E-state index contributed by atoms with van der Waals surface area (Å²) in [6.07, 6.45) is 6.10. The highest BCUT2D eigenvalue weighted by Crippen LogP contribution is 2.60. The maximum Gasteiger partial charge on any atom is 0.487 e. The average Bonchev–Trinajstić information content (AvgIpc) is 2.43. The van der Waals surface area contributed by atoms with E-state index in [1.807, 2.05) is 0 Å². The third kappa shape index (κ3) is 3.43. The molecule has 1 N–H and O–H groups in total. The van der Waals surface area contributed by atoms with Gasteiger partial charge in [-0.25, -0.2) is 0 Å². The number of carbonyl (C=O) groups excluding carboxylic acids is 1. The number of hydrogen-bond donors (Lipinski definition) is 1. The van der Waals surface area contributed by atoms with Crippen molar-refractivity contribution in [2.24, 2.45) is 23.2 Å². The molecule has 0 atom stereocenters. The molecule has 0 radical (unpaired) electrons. The molecule has 0 heterocycles. The van der Waals surface area contributed by atoms with Gasteiger partial charge in [0, 0.05) is 6.42 Å². The van der Waals surface area contributed by atoms with Crippen LogP contribution in [-0.4, -0.2) is 37.6 Å². The van der Waals surface area contributed by atoms with Gasteiger partial charge in [0.25, 0.3) is 0 Å². The van der Waals surface area contributed by atoms with Gasteiger partial charge in [-0.15, -0.1) is 0 Å². The maximum absolute atomic E-state index is 12.9. The standard InChI is InChI=1S/C15H22F2O6S/c16-15(17,24(19,20)21)23-3-1-2-22-13(18)14-7-10-4-11(8-14)6-12(5-10)9-14/h10-12H,1-9H2,(H,19,20,21). The van der Waals surface area contributed by atoms with Crippen molar-refractivity contribution in [3.8, 4) is 0 Å². The SMILES string of the molecule is O=C(OCCCOC(F)(F)S(=O)(=O)O)C12CC3CC(CC(C3)C1)C2. The molecular formula is C15H22F2O6S. The van der Waals surface area contributed by atoms with Crippen molar-refractivity contribution in [2.75, 3.05) is 13.2 Å². The number of hydrogen-bond acceptors (Lipinski definition) is 5. The minimum atomic E-state index is -5.60. The molecule has 9 heteroatoms. The highest BCUT2D eigenvalue weighted by Gasteiger charge is 2.55. The predicted octanol–water partition coefficient (Wildman–Crippen LogP) is 2.59. The summed E-state index contributed by atoms with van der Waals surface area (Å²) in [6, 6.07) is 0. The van der Waals surface area contributed by atoms with Crippen molar-refractivity contribution < 1.29 is 36.0 Å². The lowest BCUT2D eigenvalue weighted by molar-refractivity contribution is -0.181. The van der Waals surface area contributed by atoms with E-state index in [1.165, 1.54) is 19.3 Å². The second-order valence-electron chi connectivity index (χ2n) is 7.47. The van der Waals surface area contributed by atoms with Crippen molar-refractivity contribution in [2.45, 2.75) is 50.4 Å². The Kier molecular flexibility index (Phi) is 4.63. The quantitative estimate of drug-likeness (QED) is 0.422. The van der Waals surface area contributed by atoms with E-state index in [9.17, 15) is 22.0 Å². The van der Waals surface area contributed by atoms with Gasteiger partial charge in [-0.05, 0) is 56.3 Å². The molecule has 138 valence electrons. The highest BCUT2D eigenvalue weighted by atomic mass is 32.2.